The third-order valence-electron chi connectivity index (χ3n) is 7.45. The smallest absolute Gasteiger partial charge is 0.207 e. The Balaban J connectivity index is 1.81. The number of hydrogen-bond acceptors (Lipinski definition) is 2. The summed E-state index contributed by atoms with van der Waals surface area (Å²) in [5.41, 5.74) is 1.06. The first-order chi connectivity index (χ1) is 15.6. The van der Waals surface area contributed by atoms with Crippen LogP contribution in [0.25, 0.3) is 0 Å². The zero-order chi connectivity index (χ0) is 23.9. The quantitative estimate of drug-likeness (QED) is 0.465. The summed E-state index contributed by atoms with van der Waals surface area (Å²) in [4.78, 5) is 0.396. The molecular weight excluding hydrogens is 442 g/mol. The van der Waals surface area contributed by atoms with Crippen LogP contribution in [0.15, 0.2) is 89.8 Å². The molecule has 2 atom stereocenters. The second kappa shape index (κ2) is 8.86. The van der Waals surface area contributed by atoms with Gasteiger partial charge < -0.3 is 0 Å². The fourth-order valence-corrected chi connectivity index (χ4v) is 13.3. The van der Waals surface area contributed by atoms with E-state index in [4.69, 9.17) is 0 Å². The molecule has 1 heterocycles. The minimum atomic E-state index is -3.53. The normalized spacial score (nSPS) is 19.8. The van der Waals surface area contributed by atoms with Crippen LogP contribution in [0, 0.1) is 12.8 Å². The van der Waals surface area contributed by atoms with Crippen LogP contribution in [-0.2, 0) is 10.0 Å². The van der Waals surface area contributed by atoms with E-state index < -0.39 is 18.1 Å². The molecule has 1 fully saturated rings. The van der Waals surface area contributed by atoms with Gasteiger partial charge in [-0.2, -0.15) is 4.31 Å². The standard InChI is InChI=1S/C28H35NO2SSi/c1-22-16-18-24(19-17-22)32(30,31)29-20-23(2)27(29)21-33(28(3,4)5,25-12-8-6-9-13-25)26-14-10-7-11-15-26/h6-19,23,27H,20-21H2,1-5H3/t23-,27+/m1/s1. The van der Waals surface area contributed by atoms with Gasteiger partial charge in [-0.05, 0) is 36.1 Å². The van der Waals surface area contributed by atoms with Crippen molar-refractivity contribution < 1.29 is 8.42 Å². The highest BCUT2D eigenvalue weighted by Crippen LogP contribution is 2.44. The Hall–Kier alpha value is -2.21. The zero-order valence-corrected chi connectivity index (χ0v) is 22.1. The van der Waals surface area contributed by atoms with Crippen molar-refractivity contribution in [3.8, 4) is 0 Å². The number of benzene rings is 3. The van der Waals surface area contributed by atoms with Crippen molar-refractivity contribution in [1.82, 2.24) is 4.31 Å². The summed E-state index contributed by atoms with van der Waals surface area (Å²) >= 11 is 0. The lowest BCUT2D eigenvalue weighted by Gasteiger charge is -2.53. The Morgan fingerprint density at radius 3 is 1.76 bits per heavy atom. The van der Waals surface area contributed by atoms with E-state index in [-0.39, 0.29) is 11.1 Å². The highest BCUT2D eigenvalue weighted by Gasteiger charge is 2.54. The van der Waals surface area contributed by atoms with Gasteiger partial charge in [-0.3, -0.25) is 0 Å². The molecule has 0 saturated carbocycles. The van der Waals surface area contributed by atoms with Crippen LogP contribution in [0.4, 0.5) is 0 Å². The van der Waals surface area contributed by atoms with Crippen LogP contribution in [-0.4, -0.2) is 33.4 Å². The highest BCUT2D eigenvalue weighted by atomic mass is 32.2. The van der Waals surface area contributed by atoms with Gasteiger partial charge in [-0.15, -0.1) is 0 Å². The summed E-state index contributed by atoms with van der Waals surface area (Å²) in [6.07, 6.45) is 0. The molecule has 0 aromatic heterocycles. The third kappa shape index (κ3) is 4.22. The Bertz CT molecular complexity index is 1150. The summed E-state index contributed by atoms with van der Waals surface area (Å²) in [6.45, 7) is 11.8. The van der Waals surface area contributed by atoms with E-state index in [0.717, 1.165) is 11.6 Å². The van der Waals surface area contributed by atoms with E-state index in [1.54, 1.807) is 16.4 Å². The number of hydrogen-bond donors (Lipinski definition) is 0. The Labute approximate surface area is 200 Å². The second-order valence-electron chi connectivity index (χ2n) is 10.5. The summed E-state index contributed by atoms with van der Waals surface area (Å²) in [6, 6.07) is 29.8. The number of rotatable bonds is 6. The number of aryl methyl sites for hydroxylation is 1. The van der Waals surface area contributed by atoms with Crippen LogP contribution in [0.1, 0.15) is 33.3 Å². The number of nitrogens with zero attached hydrogens (tertiary/aromatic N) is 1. The highest BCUT2D eigenvalue weighted by molar-refractivity contribution is 7.89. The summed E-state index contributed by atoms with van der Waals surface area (Å²) < 4.78 is 29.0. The molecule has 174 valence electrons. The Kier molecular flexibility index (Phi) is 6.42. The van der Waals surface area contributed by atoms with Crippen molar-refractivity contribution in [2.45, 2.75) is 56.6 Å². The lowest BCUT2D eigenvalue weighted by atomic mass is 9.95. The van der Waals surface area contributed by atoms with Crippen LogP contribution >= 0.6 is 0 Å². The molecule has 0 unspecified atom stereocenters. The maximum Gasteiger partial charge on any atom is 0.243 e. The van der Waals surface area contributed by atoms with Crippen molar-refractivity contribution >= 4 is 28.5 Å². The molecule has 3 aromatic rings. The van der Waals surface area contributed by atoms with Crippen molar-refractivity contribution in [3.63, 3.8) is 0 Å². The van der Waals surface area contributed by atoms with Gasteiger partial charge in [0.2, 0.25) is 10.0 Å². The molecule has 0 radical (unpaired) electrons. The first-order valence-corrected chi connectivity index (χ1v) is 15.4. The summed E-state index contributed by atoms with van der Waals surface area (Å²) in [7, 11) is -5.89. The van der Waals surface area contributed by atoms with Crippen molar-refractivity contribution in [3.05, 3.63) is 90.5 Å². The first kappa shape index (κ1) is 23.9. The average molecular weight is 478 g/mol. The molecule has 5 heteroatoms. The van der Waals surface area contributed by atoms with E-state index in [1.807, 2.05) is 19.1 Å². The molecule has 33 heavy (non-hydrogen) atoms. The lowest BCUT2D eigenvalue weighted by molar-refractivity contribution is 0.130. The van der Waals surface area contributed by atoms with E-state index in [9.17, 15) is 8.42 Å². The van der Waals surface area contributed by atoms with Gasteiger partial charge in [0.25, 0.3) is 0 Å². The van der Waals surface area contributed by atoms with Gasteiger partial charge in [-0.25, -0.2) is 8.42 Å². The summed E-state index contributed by atoms with van der Waals surface area (Å²) in [5, 5.41) is 2.75. The second-order valence-corrected chi connectivity index (χ2v) is 17.3. The molecule has 0 aliphatic carbocycles. The molecule has 1 aliphatic heterocycles. The van der Waals surface area contributed by atoms with Crippen LogP contribution in [0.5, 0.6) is 0 Å². The van der Waals surface area contributed by atoms with Gasteiger partial charge >= 0.3 is 0 Å². The molecule has 4 rings (SSSR count). The lowest BCUT2D eigenvalue weighted by Crippen LogP contribution is -2.70. The molecule has 0 bridgehead atoms. The van der Waals surface area contributed by atoms with Crippen molar-refractivity contribution in [2.24, 2.45) is 5.92 Å². The zero-order valence-electron chi connectivity index (χ0n) is 20.3. The van der Waals surface area contributed by atoms with Gasteiger partial charge in [0, 0.05) is 12.6 Å². The van der Waals surface area contributed by atoms with Crippen molar-refractivity contribution in [2.75, 3.05) is 6.54 Å². The molecule has 1 aliphatic rings. The van der Waals surface area contributed by atoms with Gasteiger partial charge in [0.15, 0.2) is 0 Å². The summed E-state index contributed by atoms with van der Waals surface area (Å²) in [5.74, 6) is 0.326. The molecular formula is C28H35NO2SSi. The van der Waals surface area contributed by atoms with E-state index in [1.165, 1.54) is 10.4 Å². The molecule has 3 aromatic carbocycles. The maximum absolute atomic E-state index is 13.6. The fourth-order valence-electron chi connectivity index (χ4n) is 5.45. The maximum atomic E-state index is 13.6. The van der Waals surface area contributed by atoms with Crippen LogP contribution in [0.3, 0.4) is 0 Å². The Morgan fingerprint density at radius 1 is 0.848 bits per heavy atom. The fraction of sp³-hybridized carbons (Fsp3) is 0.357. The predicted octanol–water partition coefficient (Wildman–Crippen LogP) is 5.07. The monoisotopic (exact) mass is 477 g/mol. The van der Waals surface area contributed by atoms with Gasteiger partial charge in [0.05, 0.1) is 4.90 Å². The SMILES string of the molecule is Cc1ccc(S(=O)(=O)N2C[C@@H](C)[C@@H]2C[Si](c2ccccc2)(c2ccccc2)C(C)(C)C)cc1. The first-order valence-electron chi connectivity index (χ1n) is 11.8. The minimum Gasteiger partial charge on any atom is -0.207 e. The van der Waals surface area contributed by atoms with Crippen LogP contribution < -0.4 is 10.4 Å². The number of sulfonamides is 1. The van der Waals surface area contributed by atoms with Gasteiger partial charge in [-0.1, -0.05) is 116 Å². The Morgan fingerprint density at radius 2 is 1.33 bits per heavy atom. The molecule has 0 N–H and O–H groups in total. The largest absolute Gasteiger partial charge is 0.243 e. The van der Waals surface area contributed by atoms with E-state index in [0.29, 0.717) is 17.4 Å². The third-order valence-corrected chi connectivity index (χ3v) is 15.6. The minimum absolute atomic E-state index is 0.00427. The van der Waals surface area contributed by atoms with E-state index >= 15 is 0 Å². The van der Waals surface area contributed by atoms with Crippen molar-refractivity contribution in [1.29, 1.82) is 0 Å². The molecule has 0 spiro atoms. The molecule has 3 nitrogen and oxygen atoms in total. The topological polar surface area (TPSA) is 37.4 Å². The van der Waals surface area contributed by atoms with Crippen LogP contribution in [0.2, 0.25) is 11.1 Å². The predicted molar refractivity (Wildman–Crippen MR) is 140 cm³/mol. The van der Waals surface area contributed by atoms with E-state index in [2.05, 4.69) is 88.4 Å². The molecule has 0 amide bonds. The molecule has 1 saturated heterocycles. The average Bonchev–Trinajstić information content (AvgIpc) is 2.78. The van der Waals surface area contributed by atoms with Gasteiger partial charge in [0.1, 0.15) is 8.07 Å².